The molecule has 2 aliphatic rings. The van der Waals surface area contributed by atoms with Crippen molar-refractivity contribution in [3.05, 3.63) is 54.1 Å². The Hall–Kier alpha value is -2.75. The van der Waals surface area contributed by atoms with Crippen LogP contribution in [0.4, 0.5) is 5.69 Å². The van der Waals surface area contributed by atoms with Gasteiger partial charge in [-0.3, -0.25) is 4.79 Å². The van der Waals surface area contributed by atoms with Crippen molar-refractivity contribution in [2.75, 3.05) is 14.2 Å². The zero-order chi connectivity index (χ0) is 22.8. The van der Waals surface area contributed by atoms with Gasteiger partial charge in [-0.05, 0) is 48.4 Å². The van der Waals surface area contributed by atoms with E-state index in [9.17, 15) is 15.0 Å². The number of carbonyl (C=O) groups excluding carboxylic acids is 1. The molecular weight excluding hydrogens is 430 g/mol. The van der Waals surface area contributed by atoms with Gasteiger partial charge in [-0.1, -0.05) is 23.9 Å². The maximum atomic E-state index is 12.2. The third kappa shape index (κ3) is 4.41. The van der Waals surface area contributed by atoms with Crippen LogP contribution >= 0.6 is 11.8 Å². The number of aliphatic hydroxyl groups excluding tert-OH is 2. The number of aliphatic hydroxyl groups is 2. The number of benzene rings is 2. The van der Waals surface area contributed by atoms with Crippen LogP contribution in [0, 0.1) is 5.92 Å². The molecule has 9 heteroatoms. The van der Waals surface area contributed by atoms with Crippen LogP contribution in [-0.2, 0) is 11.3 Å². The smallest absolute Gasteiger partial charge is 0.221 e. The van der Waals surface area contributed by atoms with E-state index < -0.39 is 30.1 Å². The molecule has 1 saturated carbocycles. The second-order valence-electron chi connectivity index (χ2n) is 7.94. The standard InChI is InChI=1S/C23H27N3O5S/c1-30-15-7-3-13(4-8-15)12-26-19-20(28)18(27)11-17(22(24)29)21(19)32-23(26)25-14-5-9-16(31-2)10-6-14/h3-10,17-21,27-28H,11-12H2,1-2H3,(H2,24,29). The van der Waals surface area contributed by atoms with Crippen molar-refractivity contribution in [1.29, 1.82) is 0 Å². The minimum absolute atomic E-state index is 0.136. The summed E-state index contributed by atoms with van der Waals surface area (Å²) in [4.78, 5) is 18.9. The second kappa shape index (κ2) is 9.40. The minimum atomic E-state index is -1.03. The van der Waals surface area contributed by atoms with Gasteiger partial charge in [0.15, 0.2) is 5.17 Å². The lowest BCUT2D eigenvalue weighted by Gasteiger charge is -2.41. The van der Waals surface area contributed by atoms with Crippen LogP contribution < -0.4 is 15.2 Å². The van der Waals surface area contributed by atoms with Crippen LogP contribution in [0.15, 0.2) is 53.5 Å². The lowest BCUT2D eigenvalue weighted by atomic mass is 9.80. The summed E-state index contributed by atoms with van der Waals surface area (Å²) in [5.74, 6) is 0.430. The monoisotopic (exact) mass is 457 g/mol. The first kappa shape index (κ1) is 22.4. The summed E-state index contributed by atoms with van der Waals surface area (Å²) in [6, 6.07) is 14.5. The van der Waals surface area contributed by atoms with E-state index in [-0.39, 0.29) is 11.7 Å². The van der Waals surface area contributed by atoms with Crippen LogP contribution in [0.2, 0.25) is 0 Å². The molecule has 4 rings (SSSR count). The maximum Gasteiger partial charge on any atom is 0.221 e. The van der Waals surface area contributed by atoms with Crippen molar-refractivity contribution in [3.63, 3.8) is 0 Å². The van der Waals surface area contributed by atoms with Crippen LogP contribution in [0.25, 0.3) is 0 Å². The fourth-order valence-electron chi connectivity index (χ4n) is 4.26. The SMILES string of the molecule is COc1ccc(CN2C(=Nc3ccc(OC)cc3)SC3C(C(N)=O)CC(O)C(O)C32)cc1. The third-order valence-electron chi connectivity index (χ3n) is 5.99. The third-order valence-corrected chi connectivity index (χ3v) is 7.41. The number of hydrogen-bond donors (Lipinski definition) is 3. The van der Waals surface area contributed by atoms with Crippen LogP contribution in [0.5, 0.6) is 11.5 Å². The van der Waals surface area contributed by atoms with Gasteiger partial charge in [-0.15, -0.1) is 0 Å². The van der Waals surface area contributed by atoms with Crippen LogP contribution in [0.3, 0.4) is 0 Å². The van der Waals surface area contributed by atoms with E-state index in [0.29, 0.717) is 11.7 Å². The fraction of sp³-hybridized carbons (Fsp3) is 0.391. The van der Waals surface area contributed by atoms with Gasteiger partial charge in [0, 0.05) is 11.8 Å². The summed E-state index contributed by atoms with van der Waals surface area (Å²) in [5.41, 5.74) is 7.36. The number of primary amides is 1. The topological polar surface area (TPSA) is 118 Å². The van der Waals surface area contributed by atoms with Crippen molar-refractivity contribution < 1.29 is 24.5 Å². The number of thioether (sulfide) groups is 1. The Morgan fingerprint density at radius 3 is 2.25 bits per heavy atom. The number of methoxy groups -OCH3 is 2. The molecule has 1 aliphatic heterocycles. The molecular formula is C23H27N3O5S. The fourth-order valence-corrected chi connectivity index (χ4v) is 5.84. The first-order valence-electron chi connectivity index (χ1n) is 10.4. The molecule has 1 aliphatic carbocycles. The van der Waals surface area contributed by atoms with E-state index in [4.69, 9.17) is 20.2 Å². The molecule has 0 spiro atoms. The van der Waals surface area contributed by atoms with Crippen LogP contribution in [0.1, 0.15) is 12.0 Å². The molecule has 2 fully saturated rings. The van der Waals surface area contributed by atoms with Gasteiger partial charge in [-0.2, -0.15) is 0 Å². The molecule has 5 unspecified atom stereocenters. The maximum absolute atomic E-state index is 12.2. The summed E-state index contributed by atoms with van der Waals surface area (Å²) in [6.07, 6.45) is -1.92. The average Bonchev–Trinajstić information content (AvgIpc) is 3.15. The van der Waals surface area contributed by atoms with Gasteiger partial charge in [-0.25, -0.2) is 4.99 Å². The van der Waals surface area contributed by atoms with Gasteiger partial charge >= 0.3 is 0 Å². The minimum Gasteiger partial charge on any atom is -0.497 e. The highest BCUT2D eigenvalue weighted by Gasteiger charge is 2.54. The summed E-state index contributed by atoms with van der Waals surface area (Å²) >= 11 is 1.42. The number of nitrogens with two attached hydrogens (primary N) is 1. The lowest BCUT2D eigenvalue weighted by molar-refractivity contribution is -0.128. The largest absolute Gasteiger partial charge is 0.497 e. The van der Waals surface area contributed by atoms with Gasteiger partial charge < -0.3 is 30.3 Å². The van der Waals surface area contributed by atoms with E-state index in [1.54, 1.807) is 14.2 Å². The van der Waals surface area contributed by atoms with Crippen molar-refractivity contribution in [2.45, 2.75) is 36.5 Å². The summed E-state index contributed by atoms with van der Waals surface area (Å²) in [5, 5.41) is 21.7. The van der Waals surface area contributed by atoms with E-state index in [1.165, 1.54) is 11.8 Å². The Labute approximate surface area is 191 Å². The Kier molecular flexibility index (Phi) is 6.59. The number of amidine groups is 1. The summed E-state index contributed by atoms with van der Waals surface area (Å²) < 4.78 is 10.5. The quantitative estimate of drug-likeness (QED) is 0.606. The number of aliphatic imine (C=N–C) groups is 1. The first-order valence-corrected chi connectivity index (χ1v) is 11.2. The molecule has 2 aromatic rings. The zero-order valence-corrected chi connectivity index (χ0v) is 18.7. The van der Waals surface area contributed by atoms with E-state index in [1.807, 2.05) is 53.4 Å². The molecule has 32 heavy (non-hydrogen) atoms. The molecule has 0 aromatic heterocycles. The molecule has 0 bridgehead atoms. The summed E-state index contributed by atoms with van der Waals surface area (Å²) in [6.45, 7) is 0.447. The number of carbonyl (C=O) groups is 1. The number of amides is 1. The predicted octanol–water partition coefficient (Wildman–Crippen LogP) is 1.90. The number of nitrogens with zero attached hydrogens (tertiary/aromatic N) is 2. The lowest BCUT2D eigenvalue weighted by Crippen LogP contribution is -2.58. The van der Waals surface area contributed by atoms with Gasteiger partial charge in [0.2, 0.25) is 5.91 Å². The molecule has 1 amide bonds. The van der Waals surface area contributed by atoms with Gasteiger partial charge in [0.25, 0.3) is 0 Å². The zero-order valence-electron chi connectivity index (χ0n) is 17.9. The van der Waals surface area contributed by atoms with Crippen LogP contribution in [-0.4, -0.2) is 63.9 Å². The highest BCUT2D eigenvalue weighted by molar-refractivity contribution is 8.14. The second-order valence-corrected chi connectivity index (χ2v) is 9.09. The van der Waals surface area contributed by atoms with Gasteiger partial charge in [0.1, 0.15) is 17.6 Å². The van der Waals surface area contributed by atoms with Crippen molar-refractivity contribution in [2.24, 2.45) is 16.6 Å². The molecule has 5 atom stereocenters. The highest BCUT2D eigenvalue weighted by Crippen LogP contribution is 2.45. The normalized spacial score (nSPS) is 28.4. The highest BCUT2D eigenvalue weighted by atomic mass is 32.2. The Morgan fingerprint density at radius 2 is 1.69 bits per heavy atom. The van der Waals surface area contributed by atoms with E-state index in [2.05, 4.69) is 0 Å². The molecule has 2 aromatic carbocycles. The molecule has 170 valence electrons. The molecule has 1 saturated heterocycles. The predicted molar refractivity (Wildman–Crippen MR) is 123 cm³/mol. The van der Waals surface area contributed by atoms with Crippen molar-refractivity contribution >= 4 is 28.5 Å². The number of rotatable bonds is 6. The number of ether oxygens (including phenoxy) is 2. The molecule has 4 N–H and O–H groups in total. The van der Waals surface area contributed by atoms with Crippen molar-refractivity contribution in [3.8, 4) is 11.5 Å². The van der Waals surface area contributed by atoms with Crippen molar-refractivity contribution in [1.82, 2.24) is 4.90 Å². The summed E-state index contributed by atoms with van der Waals surface area (Å²) in [7, 11) is 3.21. The molecule has 0 radical (unpaired) electrons. The van der Waals surface area contributed by atoms with Gasteiger partial charge in [0.05, 0.1) is 38.0 Å². The Balaban J connectivity index is 1.71. The Bertz CT molecular complexity index is 982. The Morgan fingerprint density at radius 1 is 1.09 bits per heavy atom. The number of fused-ring (bicyclic) bond motifs is 1. The average molecular weight is 458 g/mol. The van der Waals surface area contributed by atoms with E-state index >= 15 is 0 Å². The number of hydrogen-bond acceptors (Lipinski definition) is 7. The molecule has 8 nitrogen and oxygen atoms in total. The first-order chi connectivity index (χ1) is 15.4. The molecule has 1 heterocycles. The van der Waals surface area contributed by atoms with E-state index in [0.717, 1.165) is 22.7 Å².